The van der Waals surface area contributed by atoms with Crippen LogP contribution >= 0.6 is 11.3 Å². The lowest BCUT2D eigenvalue weighted by molar-refractivity contribution is 0.268. The maximum Gasteiger partial charge on any atom is 0.0309 e. The average Bonchev–Trinajstić information content (AvgIpc) is 2.72. The number of hydrogen-bond donors (Lipinski definition) is 1. The van der Waals surface area contributed by atoms with Crippen molar-refractivity contribution < 1.29 is 0 Å². The van der Waals surface area contributed by atoms with E-state index in [2.05, 4.69) is 34.3 Å². The van der Waals surface area contributed by atoms with Gasteiger partial charge in [0.15, 0.2) is 0 Å². The van der Waals surface area contributed by atoms with Crippen LogP contribution in [0.4, 0.5) is 0 Å². The molecule has 1 aliphatic heterocycles. The Bertz CT molecular complexity index is 286. The van der Waals surface area contributed by atoms with Crippen LogP contribution in [0.1, 0.15) is 4.88 Å². The molecule has 3 heteroatoms. The molecule has 0 amide bonds. The second-order valence-electron chi connectivity index (χ2n) is 3.61. The van der Waals surface area contributed by atoms with Gasteiger partial charge in [0.2, 0.25) is 0 Å². The summed E-state index contributed by atoms with van der Waals surface area (Å²) in [6, 6.07) is 4.23. The van der Waals surface area contributed by atoms with Crippen LogP contribution in [-0.2, 0) is 0 Å². The second-order valence-corrected chi connectivity index (χ2v) is 4.55. The molecule has 1 aromatic heterocycles. The van der Waals surface area contributed by atoms with Gasteiger partial charge in [0.25, 0.3) is 0 Å². The fourth-order valence-electron chi connectivity index (χ4n) is 1.70. The van der Waals surface area contributed by atoms with Crippen LogP contribution in [0.5, 0.6) is 0 Å². The highest BCUT2D eigenvalue weighted by molar-refractivity contribution is 7.11. The Hall–Kier alpha value is -0.640. The molecule has 0 aromatic carbocycles. The van der Waals surface area contributed by atoms with Gasteiger partial charge in [0.1, 0.15) is 0 Å². The first-order valence-corrected chi connectivity index (χ1v) is 5.89. The summed E-state index contributed by atoms with van der Waals surface area (Å²) in [7, 11) is 0. The highest BCUT2D eigenvalue weighted by Gasteiger charge is 2.11. The zero-order chi connectivity index (χ0) is 9.80. The van der Waals surface area contributed by atoms with Crippen LogP contribution in [0.15, 0.2) is 24.1 Å². The first kappa shape index (κ1) is 9.90. The van der Waals surface area contributed by atoms with Crippen LogP contribution in [0, 0.1) is 0 Å². The summed E-state index contributed by atoms with van der Waals surface area (Å²) in [6.07, 6.45) is 0. The van der Waals surface area contributed by atoms with Gasteiger partial charge in [0.05, 0.1) is 0 Å². The minimum atomic E-state index is 1.02. The molecule has 0 saturated carbocycles. The van der Waals surface area contributed by atoms with Crippen LogP contribution in [-0.4, -0.2) is 37.6 Å². The van der Waals surface area contributed by atoms with E-state index in [-0.39, 0.29) is 0 Å². The number of hydrogen-bond acceptors (Lipinski definition) is 3. The van der Waals surface area contributed by atoms with E-state index in [1.54, 1.807) is 11.3 Å². The van der Waals surface area contributed by atoms with Crippen LogP contribution < -0.4 is 5.32 Å². The summed E-state index contributed by atoms with van der Waals surface area (Å²) in [5, 5.41) is 5.46. The van der Waals surface area contributed by atoms with Crippen molar-refractivity contribution in [3.63, 3.8) is 0 Å². The minimum Gasteiger partial charge on any atom is -0.314 e. The number of rotatable bonds is 3. The normalized spacial score (nSPS) is 18.3. The van der Waals surface area contributed by atoms with Crippen molar-refractivity contribution in [2.75, 3.05) is 32.7 Å². The first-order chi connectivity index (χ1) is 6.86. The summed E-state index contributed by atoms with van der Waals surface area (Å²) in [5.41, 5.74) is 1.25. The largest absolute Gasteiger partial charge is 0.314 e. The predicted molar refractivity (Wildman–Crippen MR) is 62.7 cm³/mol. The molecule has 1 N–H and O–H groups in total. The van der Waals surface area contributed by atoms with E-state index in [1.165, 1.54) is 10.5 Å². The van der Waals surface area contributed by atoms with Gasteiger partial charge in [-0.15, -0.1) is 11.3 Å². The zero-order valence-corrected chi connectivity index (χ0v) is 9.15. The molecule has 0 unspecified atom stereocenters. The Morgan fingerprint density at radius 3 is 2.93 bits per heavy atom. The van der Waals surface area contributed by atoms with Crippen LogP contribution in [0.3, 0.4) is 0 Å². The molecule has 0 radical (unpaired) electrons. The summed E-state index contributed by atoms with van der Waals surface area (Å²) in [5.74, 6) is 0. The van der Waals surface area contributed by atoms with E-state index in [4.69, 9.17) is 0 Å². The summed E-state index contributed by atoms with van der Waals surface area (Å²) in [4.78, 5) is 3.78. The molecule has 14 heavy (non-hydrogen) atoms. The Kier molecular flexibility index (Phi) is 3.35. The maximum absolute atomic E-state index is 4.14. The standard InChI is InChI=1S/C11H16N2S/c1-10(11-3-2-8-14-11)9-13-6-4-12-5-7-13/h2-3,8,12H,1,4-7,9H2. The summed E-state index contributed by atoms with van der Waals surface area (Å²) in [6.45, 7) is 9.66. The lowest BCUT2D eigenvalue weighted by Crippen LogP contribution is -2.43. The van der Waals surface area contributed by atoms with Gasteiger partial charge in [-0.25, -0.2) is 0 Å². The minimum absolute atomic E-state index is 1.02. The topological polar surface area (TPSA) is 15.3 Å². The third-order valence-corrected chi connectivity index (χ3v) is 3.47. The molecule has 1 aliphatic rings. The van der Waals surface area contributed by atoms with Crippen molar-refractivity contribution in [3.05, 3.63) is 29.0 Å². The predicted octanol–water partition coefficient (Wildman–Crippen LogP) is 1.67. The number of nitrogens with zero attached hydrogens (tertiary/aromatic N) is 1. The SMILES string of the molecule is C=C(CN1CCNCC1)c1cccs1. The van der Waals surface area contributed by atoms with Gasteiger partial charge >= 0.3 is 0 Å². The van der Waals surface area contributed by atoms with Gasteiger partial charge < -0.3 is 5.32 Å². The highest BCUT2D eigenvalue weighted by atomic mass is 32.1. The number of thiophene rings is 1. The third-order valence-electron chi connectivity index (χ3n) is 2.49. The Balaban J connectivity index is 1.87. The molecular formula is C11H16N2S. The van der Waals surface area contributed by atoms with E-state index in [0.717, 1.165) is 32.7 Å². The molecule has 1 saturated heterocycles. The number of nitrogens with one attached hydrogen (secondary N) is 1. The van der Waals surface area contributed by atoms with Crippen molar-refractivity contribution in [2.24, 2.45) is 0 Å². The lowest BCUT2D eigenvalue weighted by Gasteiger charge is -2.27. The number of piperazine rings is 1. The molecule has 2 heterocycles. The van der Waals surface area contributed by atoms with E-state index in [9.17, 15) is 0 Å². The maximum atomic E-state index is 4.14. The third kappa shape index (κ3) is 2.44. The van der Waals surface area contributed by atoms with Crippen molar-refractivity contribution in [2.45, 2.75) is 0 Å². The Morgan fingerprint density at radius 2 is 2.29 bits per heavy atom. The van der Waals surface area contributed by atoms with E-state index in [0.29, 0.717) is 0 Å². The molecule has 2 nitrogen and oxygen atoms in total. The summed E-state index contributed by atoms with van der Waals surface area (Å²) >= 11 is 1.78. The highest BCUT2D eigenvalue weighted by Crippen LogP contribution is 2.19. The fourth-order valence-corrected chi connectivity index (χ4v) is 2.39. The summed E-state index contributed by atoms with van der Waals surface area (Å²) < 4.78 is 0. The molecule has 0 bridgehead atoms. The van der Waals surface area contributed by atoms with Crippen molar-refractivity contribution in [1.29, 1.82) is 0 Å². The Labute approximate surface area is 89.2 Å². The molecule has 2 rings (SSSR count). The molecular weight excluding hydrogens is 192 g/mol. The first-order valence-electron chi connectivity index (χ1n) is 5.01. The molecule has 76 valence electrons. The van der Waals surface area contributed by atoms with Crippen molar-refractivity contribution in [1.82, 2.24) is 10.2 Å². The lowest BCUT2D eigenvalue weighted by atomic mass is 10.2. The van der Waals surface area contributed by atoms with Gasteiger partial charge in [-0.2, -0.15) is 0 Å². The van der Waals surface area contributed by atoms with Crippen LogP contribution in [0.25, 0.3) is 5.57 Å². The van der Waals surface area contributed by atoms with E-state index < -0.39 is 0 Å². The molecule has 0 aliphatic carbocycles. The molecule has 0 spiro atoms. The molecule has 1 aromatic rings. The van der Waals surface area contributed by atoms with Crippen molar-refractivity contribution in [3.8, 4) is 0 Å². The monoisotopic (exact) mass is 208 g/mol. The van der Waals surface area contributed by atoms with Crippen LogP contribution in [0.2, 0.25) is 0 Å². The van der Waals surface area contributed by atoms with Gasteiger partial charge in [0, 0.05) is 37.6 Å². The van der Waals surface area contributed by atoms with Gasteiger partial charge in [-0.3, -0.25) is 4.90 Å². The molecule has 1 fully saturated rings. The Morgan fingerprint density at radius 1 is 1.50 bits per heavy atom. The van der Waals surface area contributed by atoms with E-state index in [1.807, 2.05) is 0 Å². The van der Waals surface area contributed by atoms with E-state index >= 15 is 0 Å². The molecule has 0 atom stereocenters. The average molecular weight is 208 g/mol. The van der Waals surface area contributed by atoms with Gasteiger partial charge in [-0.05, 0) is 17.0 Å². The van der Waals surface area contributed by atoms with Crippen molar-refractivity contribution >= 4 is 16.9 Å². The quantitative estimate of drug-likeness (QED) is 0.813. The zero-order valence-electron chi connectivity index (χ0n) is 8.33. The fraction of sp³-hybridized carbons (Fsp3) is 0.455. The van der Waals surface area contributed by atoms with Gasteiger partial charge in [-0.1, -0.05) is 12.6 Å². The smallest absolute Gasteiger partial charge is 0.0309 e. The second kappa shape index (κ2) is 4.73.